The van der Waals surface area contributed by atoms with E-state index in [1.54, 1.807) is 6.92 Å². The van der Waals surface area contributed by atoms with Crippen LogP contribution in [0.1, 0.15) is 32.3 Å². The normalized spacial score (nSPS) is 17.1. The van der Waals surface area contributed by atoms with Crippen LogP contribution in [-0.2, 0) is 25.3 Å². The molecule has 0 fully saturated rings. The first-order chi connectivity index (χ1) is 17.2. The number of benzene rings is 2. The van der Waals surface area contributed by atoms with Gasteiger partial charge in [-0.25, -0.2) is 4.39 Å². The van der Waals surface area contributed by atoms with Crippen LogP contribution in [-0.4, -0.2) is 43.6 Å². The topological polar surface area (TPSA) is 94.2 Å². The van der Waals surface area contributed by atoms with Crippen molar-refractivity contribution >= 4 is 35.1 Å². The first-order valence-corrected chi connectivity index (χ1v) is 11.4. The number of fused-ring (bicyclic) bond motifs is 1. The van der Waals surface area contributed by atoms with Crippen molar-refractivity contribution in [1.29, 1.82) is 0 Å². The molecule has 13 heteroatoms. The molecule has 0 bridgehead atoms. The molecule has 1 heterocycles. The number of amides is 2. The molecule has 0 aromatic heterocycles. The van der Waals surface area contributed by atoms with E-state index in [-0.39, 0.29) is 43.6 Å². The van der Waals surface area contributed by atoms with Gasteiger partial charge in [-0.1, -0.05) is 11.6 Å². The predicted molar refractivity (Wildman–Crippen MR) is 124 cm³/mol. The average molecular weight is 547 g/mol. The van der Waals surface area contributed by atoms with E-state index in [0.717, 1.165) is 0 Å². The van der Waals surface area contributed by atoms with Crippen molar-refractivity contribution in [2.24, 2.45) is 0 Å². The molecule has 0 aliphatic carbocycles. The molecule has 1 unspecified atom stereocenters. The lowest BCUT2D eigenvalue weighted by atomic mass is 9.97. The van der Waals surface area contributed by atoms with E-state index in [0.29, 0.717) is 11.8 Å². The number of nitrogens with one attached hydrogen (secondary N) is 1. The third-order valence-corrected chi connectivity index (χ3v) is 5.67. The lowest BCUT2D eigenvalue weighted by Gasteiger charge is -2.38. The van der Waals surface area contributed by atoms with Crippen LogP contribution in [0.25, 0.3) is 0 Å². The first kappa shape index (κ1) is 28.0. The van der Waals surface area contributed by atoms with Gasteiger partial charge >= 0.3 is 12.1 Å². The Morgan fingerprint density at radius 3 is 2.54 bits per heavy atom. The number of ether oxygens (including phenoxy) is 3. The third kappa shape index (κ3) is 6.43. The lowest BCUT2D eigenvalue weighted by Crippen LogP contribution is -2.55. The number of nitrogens with zero attached hydrogens (tertiary/aromatic N) is 1. The Morgan fingerprint density at radius 2 is 1.92 bits per heavy atom. The molecule has 1 N–H and O–H groups in total. The Labute approximate surface area is 214 Å². The second kappa shape index (κ2) is 10.8. The minimum atomic E-state index is -4.80. The van der Waals surface area contributed by atoms with Crippen molar-refractivity contribution in [3.8, 4) is 17.2 Å². The minimum Gasteiger partial charge on any atom is -0.475 e. The van der Waals surface area contributed by atoms with Crippen LogP contribution in [0.5, 0.6) is 17.2 Å². The summed E-state index contributed by atoms with van der Waals surface area (Å²) in [4.78, 5) is 38.1. The van der Waals surface area contributed by atoms with Crippen LogP contribution in [0.15, 0.2) is 30.3 Å². The number of alkyl halides is 3. The number of carbonyl (C=O) groups excluding carboxylic acids is 3. The fourth-order valence-corrected chi connectivity index (χ4v) is 3.87. The van der Waals surface area contributed by atoms with Crippen LogP contribution in [0.4, 0.5) is 23.2 Å². The van der Waals surface area contributed by atoms with E-state index >= 15 is 0 Å². The molecule has 37 heavy (non-hydrogen) atoms. The molecule has 200 valence electrons. The molecule has 0 radical (unpaired) electrons. The highest BCUT2D eigenvalue weighted by Crippen LogP contribution is 2.43. The molecule has 2 aromatic rings. The van der Waals surface area contributed by atoms with Gasteiger partial charge in [-0.15, -0.1) is 0 Å². The molecule has 1 aliphatic heterocycles. The summed E-state index contributed by atoms with van der Waals surface area (Å²) in [6, 6.07) is 4.88. The largest absolute Gasteiger partial charge is 0.475 e. The maximum absolute atomic E-state index is 14.4. The highest BCUT2D eigenvalue weighted by molar-refractivity contribution is 6.32. The smallest absolute Gasteiger partial charge is 0.416 e. The Morgan fingerprint density at radius 1 is 1.22 bits per heavy atom. The number of hydrogen-bond donors (Lipinski definition) is 1. The number of esters is 1. The molecule has 3 rings (SSSR count). The zero-order valence-corrected chi connectivity index (χ0v) is 20.8. The molecule has 2 aromatic carbocycles. The number of likely N-dealkylation sites (N-methyl/N-ethyl adjacent to an activating group) is 1. The predicted octanol–water partition coefficient (Wildman–Crippen LogP) is 4.86. The van der Waals surface area contributed by atoms with Gasteiger partial charge in [0.25, 0.3) is 5.91 Å². The Kier molecular flexibility index (Phi) is 8.21. The number of anilines is 1. The summed E-state index contributed by atoms with van der Waals surface area (Å²) < 4.78 is 69.1. The van der Waals surface area contributed by atoms with E-state index in [9.17, 15) is 31.9 Å². The Balaban J connectivity index is 1.78. The maximum Gasteiger partial charge on any atom is 0.416 e. The van der Waals surface area contributed by atoms with Crippen molar-refractivity contribution in [3.63, 3.8) is 0 Å². The highest BCUT2D eigenvalue weighted by atomic mass is 35.5. The van der Waals surface area contributed by atoms with E-state index < -0.39 is 51.7 Å². The van der Waals surface area contributed by atoms with Gasteiger partial charge in [0.15, 0.2) is 17.2 Å². The molecular formula is C24H23ClF4N2O6. The summed E-state index contributed by atoms with van der Waals surface area (Å²) >= 11 is 5.84. The standard InChI is InChI=1S/C24H23ClF4N2O6/c1-4-35-20(33)7-8-30-19(32)12-23(2)22(34)31(3)17-6-5-14(11-18(17)37-23)36-21-15(25)9-13(10-16(21)26)24(27,28)29/h5-6,9-11H,4,7-8,12H2,1-3H3,(H,30,32). The fourth-order valence-electron chi connectivity index (χ4n) is 3.62. The van der Waals surface area contributed by atoms with Crippen LogP contribution in [0, 0.1) is 5.82 Å². The second-order valence-electron chi connectivity index (χ2n) is 8.28. The van der Waals surface area contributed by atoms with Gasteiger partial charge in [-0.05, 0) is 38.1 Å². The molecular weight excluding hydrogens is 524 g/mol. The summed E-state index contributed by atoms with van der Waals surface area (Å²) in [5.41, 5.74) is -2.59. The van der Waals surface area contributed by atoms with Gasteiger partial charge in [-0.3, -0.25) is 14.4 Å². The average Bonchev–Trinajstić information content (AvgIpc) is 2.79. The molecule has 2 amide bonds. The highest BCUT2D eigenvalue weighted by Gasteiger charge is 2.45. The molecule has 0 saturated heterocycles. The quantitative estimate of drug-likeness (QED) is 0.375. The van der Waals surface area contributed by atoms with Crippen molar-refractivity contribution in [2.75, 3.05) is 25.1 Å². The summed E-state index contributed by atoms with van der Waals surface area (Å²) in [6.45, 7) is 3.27. The number of hydrogen-bond acceptors (Lipinski definition) is 6. The van der Waals surface area contributed by atoms with E-state index in [4.69, 9.17) is 25.8 Å². The van der Waals surface area contributed by atoms with Crippen LogP contribution >= 0.6 is 11.6 Å². The molecule has 1 atom stereocenters. The molecule has 1 aliphatic rings. The van der Waals surface area contributed by atoms with Crippen LogP contribution < -0.4 is 19.7 Å². The van der Waals surface area contributed by atoms with Crippen LogP contribution in [0.3, 0.4) is 0 Å². The van der Waals surface area contributed by atoms with Gasteiger partial charge in [0.2, 0.25) is 5.91 Å². The summed E-state index contributed by atoms with van der Waals surface area (Å²) in [5.74, 6) is -3.44. The van der Waals surface area contributed by atoms with Gasteiger partial charge in [0, 0.05) is 19.7 Å². The van der Waals surface area contributed by atoms with Crippen molar-refractivity contribution < 1.29 is 46.2 Å². The first-order valence-electron chi connectivity index (χ1n) is 11.0. The van der Waals surface area contributed by atoms with Crippen molar-refractivity contribution in [3.05, 3.63) is 46.7 Å². The number of rotatable bonds is 8. The zero-order chi connectivity index (χ0) is 27.5. The van der Waals surface area contributed by atoms with Crippen molar-refractivity contribution in [1.82, 2.24) is 5.32 Å². The van der Waals surface area contributed by atoms with Gasteiger partial charge in [0.05, 0.1) is 35.7 Å². The van der Waals surface area contributed by atoms with Crippen molar-refractivity contribution in [2.45, 2.75) is 38.5 Å². The number of carbonyl (C=O) groups is 3. The van der Waals surface area contributed by atoms with Gasteiger partial charge in [0.1, 0.15) is 11.5 Å². The van der Waals surface area contributed by atoms with Gasteiger partial charge < -0.3 is 24.4 Å². The maximum atomic E-state index is 14.4. The van der Waals surface area contributed by atoms with E-state index in [2.05, 4.69) is 5.32 Å². The Bertz CT molecular complexity index is 1200. The summed E-state index contributed by atoms with van der Waals surface area (Å²) in [6.07, 6.45) is -5.23. The molecule has 0 saturated carbocycles. The third-order valence-electron chi connectivity index (χ3n) is 5.38. The second-order valence-corrected chi connectivity index (χ2v) is 8.68. The van der Waals surface area contributed by atoms with Crippen LogP contribution in [0.2, 0.25) is 5.02 Å². The SMILES string of the molecule is CCOC(=O)CCNC(=O)CC1(C)Oc2cc(Oc3c(F)cc(C(F)(F)F)cc3Cl)ccc2N(C)C1=O. The Hall–Kier alpha value is -3.54. The zero-order valence-electron chi connectivity index (χ0n) is 20.0. The molecule has 8 nitrogen and oxygen atoms in total. The summed E-state index contributed by atoms with van der Waals surface area (Å²) in [7, 11) is 1.47. The van der Waals surface area contributed by atoms with E-state index in [1.165, 1.54) is 37.1 Å². The number of halogens is 5. The van der Waals surface area contributed by atoms with Gasteiger partial charge in [-0.2, -0.15) is 13.2 Å². The lowest BCUT2D eigenvalue weighted by molar-refractivity contribution is -0.143. The van der Waals surface area contributed by atoms with E-state index in [1.807, 2.05) is 0 Å². The monoisotopic (exact) mass is 546 g/mol. The summed E-state index contributed by atoms with van der Waals surface area (Å²) in [5, 5.41) is 1.93. The molecule has 0 spiro atoms. The minimum absolute atomic E-state index is 0.00576. The fraction of sp³-hybridized carbons (Fsp3) is 0.375.